The van der Waals surface area contributed by atoms with Gasteiger partial charge in [-0.25, -0.2) is 4.57 Å². The molecule has 0 atom stereocenters. The highest BCUT2D eigenvalue weighted by Crippen LogP contribution is 2.43. The maximum atomic E-state index is 11.7. The maximum absolute atomic E-state index is 11.7. The first-order valence-electron chi connectivity index (χ1n) is 6.89. The number of phosphoric acid groups is 1. The highest BCUT2D eigenvalue weighted by molar-refractivity contribution is 7.48. The molecule has 0 aromatic heterocycles. The second-order valence-electron chi connectivity index (χ2n) is 4.28. The molecule has 0 saturated carbocycles. The van der Waals surface area contributed by atoms with Crippen LogP contribution in [0, 0.1) is 0 Å². The Morgan fingerprint density at radius 3 is 1.43 bits per heavy atom. The molecule has 114 valence electrons. The first kappa shape index (κ1) is 17.3. The van der Waals surface area contributed by atoms with Crippen LogP contribution in [0.3, 0.4) is 0 Å². The van der Waals surface area contributed by atoms with Gasteiger partial charge in [0.1, 0.15) is 11.5 Å². The van der Waals surface area contributed by atoms with Crippen molar-refractivity contribution in [3.05, 3.63) is 60.7 Å². The lowest BCUT2D eigenvalue weighted by atomic mass is 10.3. The van der Waals surface area contributed by atoms with E-state index in [1.165, 1.54) is 12.8 Å². The second-order valence-corrected chi connectivity index (χ2v) is 5.58. The molecule has 0 aliphatic rings. The molecule has 4 nitrogen and oxygen atoms in total. The van der Waals surface area contributed by atoms with E-state index in [0.29, 0.717) is 0 Å². The fraction of sp³-hybridized carbons (Fsp3) is 0.250. The van der Waals surface area contributed by atoms with Gasteiger partial charge >= 0.3 is 7.82 Å². The van der Waals surface area contributed by atoms with Gasteiger partial charge in [0.25, 0.3) is 0 Å². The largest absolute Gasteiger partial charge is 0.584 e. The topological polar surface area (TPSA) is 55.8 Å². The summed E-state index contributed by atoms with van der Waals surface area (Å²) in [6, 6.07) is 16.7. The SMILES string of the molecule is CCCC.O=P(O)(Oc1ccccc1)Oc1ccccc1. The van der Waals surface area contributed by atoms with Crippen LogP contribution in [-0.2, 0) is 4.57 Å². The summed E-state index contributed by atoms with van der Waals surface area (Å²) in [7, 11) is -4.14. The van der Waals surface area contributed by atoms with Crippen molar-refractivity contribution < 1.29 is 18.5 Å². The molecule has 0 saturated heterocycles. The Morgan fingerprint density at radius 1 is 0.810 bits per heavy atom. The van der Waals surface area contributed by atoms with Gasteiger partial charge in [-0.3, -0.25) is 4.89 Å². The van der Waals surface area contributed by atoms with Gasteiger partial charge in [0.15, 0.2) is 0 Å². The highest BCUT2D eigenvalue weighted by Gasteiger charge is 2.24. The number of unbranched alkanes of at least 4 members (excludes halogenated alkanes) is 1. The third kappa shape index (κ3) is 7.54. The molecule has 2 rings (SSSR count). The number of benzene rings is 2. The molecule has 0 radical (unpaired) electrons. The third-order valence-electron chi connectivity index (χ3n) is 2.43. The first-order valence-corrected chi connectivity index (χ1v) is 8.39. The van der Waals surface area contributed by atoms with E-state index in [9.17, 15) is 9.46 Å². The minimum Gasteiger partial charge on any atom is -0.395 e. The number of rotatable bonds is 5. The van der Waals surface area contributed by atoms with Crippen molar-refractivity contribution in [1.29, 1.82) is 0 Å². The molecule has 5 heteroatoms. The average Bonchev–Trinajstić information content (AvgIpc) is 2.48. The first-order chi connectivity index (χ1) is 10.1. The molecule has 1 N–H and O–H groups in total. The molecule has 2 aromatic carbocycles. The Hall–Kier alpha value is -1.77. The van der Waals surface area contributed by atoms with Crippen molar-refractivity contribution in [2.75, 3.05) is 0 Å². The Kier molecular flexibility index (Phi) is 7.59. The lowest BCUT2D eigenvalue weighted by molar-refractivity contribution is 0.291. The van der Waals surface area contributed by atoms with Gasteiger partial charge < -0.3 is 9.05 Å². The number of para-hydroxylation sites is 2. The van der Waals surface area contributed by atoms with Crippen LogP contribution in [0.15, 0.2) is 60.7 Å². The minimum atomic E-state index is -4.14. The number of phosphoric ester groups is 1. The van der Waals surface area contributed by atoms with Crippen LogP contribution in [0.1, 0.15) is 26.7 Å². The lowest BCUT2D eigenvalue weighted by Gasteiger charge is -2.13. The zero-order valence-electron chi connectivity index (χ0n) is 12.3. The van der Waals surface area contributed by atoms with Gasteiger partial charge in [-0.05, 0) is 24.3 Å². The second kappa shape index (κ2) is 9.22. The molecule has 0 amide bonds. The summed E-state index contributed by atoms with van der Waals surface area (Å²) in [4.78, 5) is 9.53. The van der Waals surface area contributed by atoms with Gasteiger partial charge in [0.2, 0.25) is 0 Å². The maximum Gasteiger partial charge on any atom is 0.584 e. The minimum absolute atomic E-state index is 0.286. The van der Waals surface area contributed by atoms with Gasteiger partial charge in [-0.2, -0.15) is 0 Å². The Morgan fingerprint density at radius 2 is 1.14 bits per heavy atom. The average molecular weight is 308 g/mol. The lowest BCUT2D eigenvalue weighted by Crippen LogP contribution is -1.99. The Labute approximate surface area is 126 Å². The standard InChI is InChI=1S/C12H11O4P.C4H10/c13-17(14,15-11-7-3-1-4-8-11)16-12-9-5-2-6-10-12;1-3-4-2/h1-10H,(H,13,14);3-4H2,1-2H3. The molecule has 0 bridgehead atoms. The van der Waals surface area contributed by atoms with Gasteiger partial charge in [-0.15, -0.1) is 0 Å². The predicted octanol–water partition coefficient (Wildman–Crippen LogP) is 5.05. The molecule has 21 heavy (non-hydrogen) atoms. The van der Waals surface area contributed by atoms with E-state index in [2.05, 4.69) is 13.8 Å². The van der Waals surface area contributed by atoms with Crippen molar-refractivity contribution in [3.8, 4) is 11.5 Å². The summed E-state index contributed by atoms with van der Waals surface area (Å²) < 4.78 is 21.5. The fourth-order valence-corrected chi connectivity index (χ4v) is 2.06. The predicted molar refractivity (Wildman–Crippen MR) is 84.5 cm³/mol. The van der Waals surface area contributed by atoms with Crippen LogP contribution in [-0.4, -0.2) is 4.89 Å². The van der Waals surface area contributed by atoms with Crippen molar-refractivity contribution in [2.45, 2.75) is 26.7 Å². The summed E-state index contributed by atoms with van der Waals surface area (Å²) in [5, 5.41) is 0. The molecule has 0 heterocycles. The molecule has 0 spiro atoms. The van der Waals surface area contributed by atoms with Crippen molar-refractivity contribution in [3.63, 3.8) is 0 Å². The quantitative estimate of drug-likeness (QED) is 0.785. The smallest absolute Gasteiger partial charge is 0.395 e. The third-order valence-corrected chi connectivity index (χ3v) is 3.31. The molecule has 0 fully saturated rings. The fourth-order valence-electron chi connectivity index (χ4n) is 1.25. The van der Waals surface area contributed by atoms with Gasteiger partial charge in [-0.1, -0.05) is 63.1 Å². The van der Waals surface area contributed by atoms with Gasteiger partial charge in [0.05, 0.1) is 0 Å². The van der Waals surface area contributed by atoms with Crippen LogP contribution < -0.4 is 9.05 Å². The van der Waals surface area contributed by atoms with E-state index >= 15 is 0 Å². The summed E-state index contributed by atoms with van der Waals surface area (Å²) in [6.07, 6.45) is 2.64. The molecule has 0 aliphatic heterocycles. The Bertz CT molecular complexity index is 495. The Balaban J connectivity index is 0.000000491. The van der Waals surface area contributed by atoms with Crippen LogP contribution in [0.2, 0.25) is 0 Å². The van der Waals surface area contributed by atoms with E-state index in [4.69, 9.17) is 9.05 Å². The van der Waals surface area contributed by atoms with Crippen LogP contribution in [0.25, 0.3) is 0 Å². The van der Waals surface area contributed by atoms with Crippen LogP contribution in [0.4, 0.5) is 0 Å². The molecule has 0 unspecified atom stereocenters. The summed E-state index contributed by atoms with van der Waals surface area (Å²) in [6.45, 7) is 4.36. The number of hydrogen-bond acceptors (Lipinski definition) is 3. The van der Waals surface area contributed by atoms with E-state index in [-0.39, 0.29) is 11.5 Å². The molecule has 0 aliphatic carbocycles. The number of hydrogen-bond donors (Lipinski definition) is 1. The molecule has 2 aromatic rings. The summed E-state index contributed by atoms with van der Waals surface area (Å²) in [5.41, 5.74) is 0. The normalized spacial score (nSPS) is 10.2. The monoisotopic (exact) mass is 308 g/mol. The van der Waals surface area contributed by atoms with Crippen LogP contribution in [0.5, 0.6) is 11.5 Å². The van der Waals surface area contributed by atoms with E-state index in [1.54, 1.807) is 60.7 Å². The van der Waals surface area contributed by atoms with E-state index in [0.717, 1.165) is 0 Å². The zero-order chi connectivity index (χ0) is 15.6. The summed E-state index contributed by atoms with van der Waals surface area (Å²) in [5.74, 6) is 0.573. The van der Waals surface area contributed by atoms with Crippen LogP contribution >= 0.6 is 7.82 Å². The van der Waals surface area contributed by atoms with Crippen molar-refractivity contribution >= 4 is 7.82 Å². The van der Waals surface area contributed by atoms with Gasteiger partial charge in [0, 0.05) is 0 Å². The highest BCUT2D eigenvalue weighted by atomic mass is 31.2. The van der Waals surface area contributed by atoms with Crippen molar-refractivity contribution in [1.82, 2.24) is 0 Å². The molecular formula is C16H21O4P. The van der Waals surface area contributed by atoms with E-state index < -0.39 is 7.82 Å². The van der Waals surface area contributed by atoms with Crippen molar-refractivity contribution in [2.24, 2.45) is 0 Å². The zero-order valence-corrected chi connectivity index (χ0v) is 13.2. The molecular weight excluding hydrogens is 287 g/mol. The van der Waals surface area contributed by atoms with E-state index in [1.807, 2.05) is 0 Å². The summed E-state index contributed by atoms with van der Waals surface area (Å²) >= 11 is 0.